The summed E-state index contributed by atoms with van der Waals surface area (Å²) in [5, 5.41) is 7.48. The maximum absolute atomic E-state index is 12.0. The van der Waals surface area contributed by atoms with E-state index in [0.29, 0.717) is 6.54 Å². The minimum absolute atomic E-state index is 0.0443. The summed E-state index contributed by atoms with van der Waals surface area (Å²) in [5.41, 5.74) is 2.87. The first-order valence-electron chi connectivity index (χ1n) is 7.45. The van der Waals surface area contributed by atoms with Crippen LogP contribution in [0.25, 0.3) is 0 Å². The molecule has 0 spiro atoms. The molecule has 0 aromatic heterocycles. The third-order valence-corrected chi connectivity index (χ3v) is 3.30. The molecular weight excluding hydrogens is 296 g/mol. The molecule has 1 aromatic rings. The molecular formula is C16H24N4O3. The number of nitrogens with one attached hydrogen (secondary N) is 3. The number of carbonyl (C=O) groups is 3. The van der Waals surface area contributed by atoms with Gasteiger partial charge < -0.3 is 10.6 Å². The molecule has 0 saturated carbocycles. The molecule has 0 bridgehead atoms. The van der Waals surface area contributed by atoms with Crippen LogP contribution < -0.4 is 16.0 Å². The molecule has 0 radical (unpaired) electrons. The molecule has 4 amide bonds. The fourth-order valence-corrected chi connectivity index (χ4v) is 1.99. The second-order valence-corrected chi connectivity index (χ2v) is 5.38. The quantitative estimate of drug-likeness (QED) is 0.730. The molecule has 0 aliphatic heterocycles. The minimum atomic E-state index is -0.536. The molecule has 1 aromatic carbocycles. The monoisotopic (exact) mass is 320 g/mol. The van der Waals surface area contributed by atoms with Crippen LogP contribution >= 0.6 is 0 Å². The van der Waals surface area contributed by atoms with Crippen molar-refractivity contribution >= 4 is 23.5 Å². The predicted molar refractivity (Wildman–Crippen MR) is 89.3 cm³/mol. The zero-order chi connectivity index (χ0) is 17.4. The molecule has 0 atom stereocenters. The van der Waals surface area contributed by atoms with Gasteiger partial charge in [0.25, 0.3) is 0 Å². The lowest BCUT2D eigenvalue weighted by atomic mass is 10.1. The van der Waals surface area contributed by atoms with Gasteiger partial charge in [-0.2, -0.15) is 0 Å². The summed E-state index contributed by atoms with van der Waals surface area (Å²) in [5.74, 6) is -0.676. The van der Waals surface area contributed by atoms with Gasteiger partial charge >= 0.3 is 6.03 Å². The fourth-order valence-electron chi connectivity index (χ4n) is 1.99. The SMILES string of the molecule is CCNC(=O)NC(=O)CN(C)CC(=O)Nc1cccc(C)c1C. The summed E-state index contributed by atoms with van der Waals surface area (Å²) in [6.45, 7) is 6.12. The number of nitrogens with zero attached hydrogens (tertiary/aromatic N) is 1. The largest absolute Gasteiger partial charge is 0.338 e. The number of hydrogen-bond donors (Lipinski definition) is 3. The summed E-state index contributed by atoms with van der Waals surface area (Å²) < 4.78 is 0. The molecule has 0 saturated heterocycles. The molecule has 0 unspecified atom stereocenters. The van der Waals surface area contributed by atoms with E-state index in [1.807, 2.05) is 32.0 Å². The Morgan fingerprint density at radius 1 is 1.09 bits per heavy atom. The summed E-state index contributed by atoms with van der Waals surface area (Å²) in [7, 11) is 1.64. The van der Waals surface area contributed by atoms with Crippen LogP contribution in [0.5, 0.6) is 0 Å². The van der Waals surface area contributed by atoms with E-state index in [1.165, 1.54) is 4.90 Å². The topological polar surface area (TPSA) is 90.5 Å². The van der Waals surface area contributed by atoms with Gasteiger partial charge in [-0.25, -0.2) is 4.79 Å². The Bertz CT molecular complexity index is 587. The van der Waals surface area contributed by atoms with Gasteiger partial charge in [0, 0.05) is 12.2 Å². The van der Waals surface area contributed by atoms with Crippen molar-refractivity contribution in [3.63, 3.8) is 0 Å². The second kappa shape index (κ2) is 8.89. The maximum Gasteiger partial charge on any atom is 0.321 e. The molecule has 1 rings (SSSR count). The summed E-state index contributed by atoms with van der Waals surface area (Å²) in [6, 6.07) is 5.15. The van der Waals surface area contributed by atoms with Crippen LogP contribution in [0, 0.1) is 13.8 Å². The normalized spacial score (nSPS) is 10.3. The van der Waals surface area contributed by atoms with Crippen molar-refractivity contribution in [1.29, 1.82) is 0 Å². The van der Waals surface area contributed by atoms with Crippen molar-refractivity contribution in [1.82, 2.24) is 15.5 Å². The summed E-state index contributed by atoms with van der Waals surface area (Å²) in [4.78, 5) is 36.4. The van der Waals surface area contributed by atoms with Crippen LogP contribution in [0.4, 0.5) is 10.5 Å². The lowest BCUT2D eigenvalue weighted by molar-refractivity contribution is -0.122. The lowest BCUT2D eigenvalue weighted by Crippen LogP contribution is -2.44. The van der Waals surface area contributed by atoms with Crippen molar-refractivity contribution in [2.24, 2.45) is 0 Å². The number of rotatable bonds is 6. The van der Waals surface area contributed by atoms with Crippen LogP contribution in [0.3, 0.4) is 0 Å². The second-order valence-electron chi connectivity index (χ2n) is 5.38. The number of carbonyl (C=O) groups excluding carboxylic acids is 3. The fraction of sp³-hybridized carbons (Fsp3) is 0.438. The van der Waals surface area contributed by atoms with Gasteiger partial charge in [-0.3, -0.25) is 19.8 Å². The molecule has 23 heavy (non-hydrogen) atoms. The highest BCUT2D eigenvalue weighted by molar-refractivity contribution is 5.96. The maximum atomic E-state index is 12.0. The smallest absolute Gasteiger partial charge is 0.321 e. The molecule has 0 heterocycles. The standard InChI is InChI=1S/C16H24N4O3/c1-5-17-16(23)19-15(22)10-20(4)9-14(21)18-13-8-6-7-11(2)12(13)3/h6-8H,5,9-10H2,1-4H3,(H,18,21)(H2,17,19,22,23). The van der Waals surface area contributed by atoms with Crippen LogP contribution in [-0.4, -0.2) is 49.4 Å². The third-order valence-electron chi connectivity index (χ3n) is 3.30. The highest BCUT2D eigenvalue weighted by Crippen LogP contribution is 2.17. The van der Waals surface area contributed by atoms with E-state index >= 15 is 0 Å². The van der Waals surface area contributed by atoms with E-state index in [-0.39, 0.29) is 19.0 Å². The van der Waals surface area contributed by atoms with Crippen LogP contribution in [0.15, 0.2) is 18.2 Å². The average molecular weight is 320 g/mol. The van der Waals surface area contributed by atoms with E-state index in [1.54, 1.807) is 14.0 Å². The zero-order valence-electron chi connectivity index (χ0n) is 14.0. The number of aryl methyl sites for hydroxylation is 1. The first-order valence-corrected chi connectivity index (χ1v) is 7.45. The van der Waals surface area contributed by atoms with Gasteiger partial charge in [0.15, 0.2) is 0 Å². The first-order chi connectivity index (χ1) is 10.8. The van der Waals surface area contributed by atoms with Crippen molar-refractivity contribution in [2.45, 2.75) is 20.8 Å². The van der Waals surface area contributed by atoms with E-state index < -0.39 is 11.9 Å². The summed E-state index contributed by atoms with van der Waals surface area (Å²) in [6.07, 6.45) is 0. The van der Waals surface area contributed by atoms with Crippen molar-refractivity contribution < 1.29 is 14.4 Å². The van der Waals surface area contributed by atoms with Gasteiger partial charge in [-0.15, -0.1) is 0 Å². The van der Waals surface area contributed by atoms with Gasteiger partial charge in [-0.05, 0) is 45.0 Å². The van der Waals surface area contributed by atoms with Crippen molar-refractivity contribution in [2.75, 3.05) is 32.0 Å². The molecule has 126 valence electrons. The zero-order valence-corrected chi connectivity index (χ0v) is 14.0. The highest BCUT2D eigenvalue weighted by Gasteiger charge is 2.13. The Balaban J connectivity index is 2.46. The van der Waals surface area contributed by atoms with Gasteiger partial charge in [0.2, 0.25) is 11.8 Å². The van der Waals surface area contributed by atoms with E-state index in [0.717, 1.165) is 16.8 Å². The van der Waals surface area contributed by atoms with E-state index in [9.17, 15) is 14.4 Å². The number of benzene rings is 1. The van der Waals surface area contributed by atoms with Crippen molar-refractivity contribution in [3.8, 4) is 0 Å². The number of urea groups is 1. The molecule has 3 N–H and O–H groups in total. The van der Waals surface area contributed by atoms with Crippen LogP contribution in [0.1, 0.15) is 18.1 Å². The number of likely N-dealkylation sites (N-methyl/N-ethyl adjacent to an activating group) is 1. The Labute approximate surface area is 136 Å². The third kappa shape index (κ3) is 6.48. The Morgan fingerprint density at radius 2 is 1.74 bits per heavy atom. The number of imide groups is 1. The molecule has 0 fully saturated rings. The molecule has 0 aliphatic carbocycles. The summed E-state index contributed by atoms with van der Waals surface area (Å²) >= 11 is 0. The van der Waals surface area contributed by atoms with Gasteiger partial charge in [-0.1, -0.05) is 12.1 Å². The number of anilines is 1. The van der Waals surface area contributed by atoms with Gasteiger partial charge in [0.05, 0.1) is 13.1 Å². The minimum Gasteiger partial charge on any atom is -0.338 e. The Morgan fingerprint density at radius 3 is 2.39 bits per heavy atom. The number of hydrogen-bond acceptors (Lipinski definition) is 4. The van der Waals surface area contributed by atoms with Crippen LogP contribution in [-0.2, 0) is 9.59 Å². The molecule has 0 aliphatic rings. The predicted octanol–water partition coefficient (Wildman–Crippen LogP) is 1.02. The van der Waals surface area contributed by atoms with Crippen molar-refractivity contribution in [3.05, 3.63) is 29.3 Å². The average Bonchev–Trinajstić information content (AvgIpc) is 2.43. The first kappa shape index (κ1) is 18.6. The highest BCUT2D eigenvalue weighted by atomic mass is 16.2. The Hall–Kier alpha value is -2.41. The molecule has 7 heteroatoms. The van der Waals surface area contributed by atoms with Crippen LogP contribution in [0.2, 0.25) is 0 Å². The number of amides is 4. The lowest BCUT2D eigenvalue weighted by Gasteiger charge is -2.16. The van der Waals surface area contributed by atoms with E-state index in [4.69, 9.17) is 0 Å². The van der Waals surface area contributed by atoms with E-state index in [2.05, 4.69) is 16.0 Å². The Kier molecular flexibility index (Phi) is 7.21. The molecule has 7 nitrogen and oxygen atoms in total. The van der Waals surface area contributed by atoms with Gasteiger partial charge in [0.1, 0.15) is 0 Å².